The van der Waals surface area contributed by atoms with Gasteiger partial charge in [-0.3, -0.25) is 14.4 Å². The molecule has 10 heteroatoms. The van der Waals surface area contributed by atoms with Crippen molar-refractivity contribution in [2.45, 2.75) is 38.5 Å². The molecule has 0 saturated carbocycles. The van der Waals surface area contributed by atoms with E-state index in [9.17, 15) is 28.3 Å². The molecule has 2 aliphatic rings. The van der Waals surface area contributed by atoms with E-state index in [1.165, 1.54) is 0 Å². The number of ether oxygens (including phenoxy) is 1. The number of carbonyl (C=O) groups excluding carboxylic acids is 2. The van der Waals surface area contributed by atoms with Gasteiger partial charge in [0.15, 0.2) is 17.7 Å². The standard InChI is InChI=1S/C20H19F2N3O5/c1-10-4-5-30-15-9-24-8-13(17(26)18(27)16(24)20(29)25(10)15)19(28)23-7-11-2-3-12(21)6-14(11)22/h2-3,6,8,10,15,27H,4-5,7,9H2,1H3,(H,23,28)/t10-,15+/m1/s1/i1D3,4D2,5D2,9D2,10D. The van der Waals surface area contributed by atoms with Crippen molar-refractivity contribution in [2.24, 2.45) is 0 Å². The van der Waals surface area contributed by atoms with Crippen molar-refractivity contribution in [1.29, 1.82) is 0 Å². The highest BCUT2D eigenvalue weighted by atomic mass is 19.1. The van der Waals surface area contributed by atoms with Crippen LogP contribution < -0.4 is 10.7 Å². The Bertz CT molecular complexity index is 1500. The van der Waals surface area contributed by atoms with Crippen molar-refractivity contribution in [3.05, 3.63) is 63.1 Å². The summed E-state index contributed by atoms with van der Waals surface area (Å²) in [7, 11) is 0. The lowest BCUT2D eigenvalue weighted by molar-refractivity contribution is -0.112. The molecule has 3 heterocycles. The first-order valence-corrected chi connectivity index (χ1v) is 8.34. The number of hydrogen-bond donors (Lipinski definition) is 2. The van der Waals surface area contributed by atoms with E-state index >= 15 is 0 Å². The van der Waals surface area contributed by atoms with Crippen LogP contribution in [0.15, 0.2) is 29.2 Å². The molecule has 0 aliphatic carbocycles. The first-order chi connectivity index (χ1) is 18.1. The highest BCUT2D eigenvalue weighted by Gasteiger charge is 2.41. The van der Waals surface area contributed by atoms with Crippen molar-refractivity contribution in [3.63, 3.8) is 0 Å². The predicted octanol–water partition coefficient (Wildman–Crippen LogP) is 1.35. The Kier molecular flexibility index (Phi) is 2.81. The molecular formula is C20H19F2N3O5. The minimum Gasteiger partial charge on any atom is -0.503 e. The molecule has 1 aromatic carbocycles. The summed E-state index contributed by atoms with van der Waals surface area (Å²) < 4.78 is 113. The van der Waals surface area contributed by atoms with E-state index in [-0.39, 0.29) is 15.0 Å². The SMILES string of the molecule is [2H]C1([2H])[C@@H]2OC([2H])([2H])C([2H])([2H])[C@@]([2H])(C([2H])([2H])[2H])N2C(=O)c2c(O)c(=O)c(C(=O)NCc3ccc(F)cc3F)cn21. The Balaban J connectivity index is 1.86. The van der Waals surface area contributed by atoms with Crippen LogP contribution >= 0.6 is 0 Å². The third-order valence-electron chi connectivity index (χ3n) is 4.37. The quantitative estimate of drug-likeness (QED) is 0.767. The lowest BCUT2D eigenvalue weighted by Crippen LogP contribution is -2.57. The second-order valence-electron chi connectivity index (χ2n) is 6.21. The largest absolute Gasteiger partial charge is 0.503 e. The molecule has 8 nitrogen and oxygen atoms in total. The van der Waals surface area contributed by atoms with Crippen LogP contribution in [0, 0.1) is 11.6 Å². The van der Waals surface area contributed by atoms with E-state index in [1.54, 1.807) is 0 Å². The zero-order valence-electron chi connectivity index (χ0n) is 24.8. The second-order valence-corrected chi connectivity index (χ2v) is 6.21. The van der Waals surface area contributed by atoms with Crippen LogP contribution in [0.3, 0.4) is 0 Å². The topological polar surface area (TPSA) is 101 Å². The lowest BCUT2D eigenvalue weighted by Gasteiger charge is -2.44. The van der Waals surface area contributed by atoms with Gasteiger partial charge in [0.25, 0.3) is 11.8 Å². The molecule has 2 N–H and O–H groups in total. The van der Waals surface area contributed by atoms with Gasteiger partial charge in [-0.25, -0.2) is 8.78 Å². The number of halogens is 2. The maximum absolute atomic E-state index is 13.9. The molecule has 4 rings (SSSR count). The highest BCUT2D eigenvalue weighted by molar-refractivity contribution is 5.99. The number of aromatic hydroxyl groups is 1. The molecule has 0 unspecified atom stereocenters. The summed E-state index contributed by atoms with van der Waals surface area (Å²) in [5.74, 6) is -6.60. The van der Waals surface area contributed by atoms with Crippen LogP contribution in [-0.2, 0) is 17.8 Å². The minimum absolute atomic E-state index is 0.206. The molecule has 0 bridgehead atoms. The monoisotopic (exact) mass is 429 g/mol. The van der Waals surface area contributed by atoms with Crippen LogP contribution in [0.4, 0.5) is 8.78 Å². The molecule has 1 saturated heterocycles. The molecular weight excluding hydrogens is 400 g/mol. The van der Waals surface area contributed by atoms with Gasteiger partial charge in [-0.2, -0.15) is 0 Å². The first kappa shape index (κ1) is 11.2. The smallest absolute Gasteiger partial charge is 0.276 e. The fourth-order valence-electron chi connectivity index (χ4n) is 2.89. The van der Waals surface area contributed by atoms with Crippen LogP contribution in [0.1, 0.15) is 53.3 Å². The van der Waals surface area contributed by atoms with Crippen molar-refractivity contribution in [2.75, 3.05) is 6.56 Å². The van der Waals surface area contributed by atoms with Gasteiger partial charge in [0.1, 0.15) is 17.2 Å². The zero-order valence-corrected chi connectivity index (χ0v) is 14.8. The molecule has 2 amide bonds. The van der Waals surface area contributed by atoms with Gasteiger partial charge < -0.3 is 24.6 Å². The van der Waals surface area contributed by atoms with Crippen LogP contribution in [0.5, 0.6) is 5.75 Å². The van der Waals surface area contributed by atoms with E-state index in [4.69, 9.17) is 18.4 Å². The molecule has 158 valence electrons. The molecule has 0 spiro atoms. The molecule has 2 aliphatic heterocycles. The number of benzene rings is 1. The minimum atomic E-state index is -3.83. The van der Waals surface area contributed by atoms with E-state index in [0.29, 0.717) is 12.3 Å². The van der Waals surface area contributed by atoms with Gasteiger partial charge >= 0.3 is 0 Å². The van der Waals surface area contributed by atoms with Crippen LogP contribution in [0.2, 0.25) is 0 Å². The lowest BCUT2D eigenvalue weighted by atomic mass is 10.1. The van der Waals surface area contributed by atoms with E-state index < -0.39 is 91.0 Å². The number of nitrogens with one attached hydrogen (secondary N) is 1. The van der Waals surface area contributed by atoms with Gasteiger partial charge in [-0.15, -0.1) is 0 Å². The number of nitrogens with zero attached hydrogens (tertiary/aromatic N) is 2. The Labute approximate surface area is 183 Å². The average molecular weight is 429 g/mol. The number of carbonyl (C=O) groups is 2. The van der Waals surface area contributed by atoms with Gasteiger partial charge in [0.2, 0.25) is 5.43 Å². The Morgan fingerprint density at radius 1 is 1.47 bits per heavy atom. The summed E-state index contributed by atoms with van der Waals surface area (Å²) in [4.78, 5) is 38.8. The summed E-state index contributed by atoms with van der Waals surface area (Å²) in [5.41, 5.74) is -4.03. The number of amides is 2. The maximum atomic E-state index is 13.9. The third kappa shape index (κ3) is 3.32. The van der Waals surface area contributed by atoms with Crippen molar-refractivity contribution < 1.29 is 41.9 Å². The Morgan fingerprint density at radius 3 is 3.00 bits per heavy atom. The molecule has 30 heavy (non-hydrogen) atoms. The van der Waals surface area contributed by atoms with Gasteiger partial charge in [-0.05, 0) is 19.3 Å². The van der Waals surface area contributed by atoms with Crippen molar-refractivity contribution in [3.8, 4) is 5.75 Å². The molecule has 2 aromatic rings. The first-order valence-electron chi connectivity index (χ1n) is 13.3. The summed E-state index contributed by atoms with van der Waals surface area (Å²) in [5, 5.41) is 12.7. The summed E-state index contributed by atoms with van der Waals surface area (Å²) in [6.45, 7) is -11.4. The predicted molar refractivity (Wildman–Crippen MR) is 99.9 cm³/mol. The summed E-state index contributed by atoms with van der Waals surface area (Å²) in [6.07, 6.45) is -6.00. The fraction of sp³-hybridized carbons (Fsp3) is 0.350. The number of rotatable bonds is 3. The Hall–Kier alpha value is -3.27. The number of fused-ring (bicyclic) bond motifs is 2. The van der Waals surface area contributed by atoms with Crippen molar-refractivity contribution in [1.82, 2.24) is 14.8 Å². The van der Waals surface area contributed by atoms with E-state index in [1.807, 2.05) is 0 Å². The van der Waals surface area contributed by atoms with E-state index in [0.717, 1.165) is 12.1 Å². The molecule has 1 fully saturated rings. The van der Waals surface area contributed by atoms with Crippen LogP contribution in [-0.4, -0.2) is 45.2 Å². The molecule has 1 aromatic heterocycles. The van der Waals surface area contributed by atoms with Gasteiger partial charge in [0.05, 0.1) is 19.9 Å². The number of pyridine rings is 1. The normalized spacial score (nSPS) is 33.3. The number of hydrogen-bond acceptors (Lipinski definition) is 5. The molecule has 0 radical (unpaired) electrons. The molecule has 2 atom stereocenters. The highest BCUT2D eigenvalue weighted by Crippen LogP contribution is 2.29. The second kappa shape index (κ2) is 7.52. The van der Waals surface area contributed by atoms with E-state index in [2.05, 4.69) is 5.32 Å². The Morgan fingerprint density at radius 2 is 2.27 bits per heavy atom. The average Bonchev–Trinajstić information content (AvgIpc) is 2.81. The maximum Gasteiger partial charge on any atom is 0.276 e. The summed E-state index contributed by atoms with van der Waals surface area (Å²) >= 11 is 0. The number of aromatic nitrogens is 1. The third-order valence-corrected chi connectivity index (χ3v) is 4.37. The van der Waals surface area contributed by atoms with Crippen LogP contribution in [0.25, 0.3) is 0 Å². The zero-order chi connectivity index (χ0) is 30.4. The summed E-state index contributed by atoms with van der Waals surface area (Å²) in [6, 6.07) is -1.41. The van der Waals surface area contributed by atoms with Gasteiger partial charge in [0, 0.05) is 37.2 Å². The van der Waals surface area contributed by atoms with Crippen molar-refractivity contribution >= 4 is 11.8 Å². The van der Waals surface area contributed by atoms with Gasteiger partial charge in [-0.1, -0.05) is 6.07 Å². The fourth-order valence-corrected chi connectivity index (χ4v) is 2.89.